The molecule has 1 atom stereocenters. The van der Waals surface area contributed by atoms with Gasteiger partial charge in [0.25, 0.3) is 0 Å². The molecule has 4 nitrogen and oxygen atoms in total. The number of aromatic nitrogens is 2. The van der Waals surface area contributed by atoms with Crippen molar-refractivity contribution in [1.82, 2.24) is 14.1 Å². The van der Waals surface area contributed by atoms with E-state index in [2.05, 4.69) is 9.40 Å². The average Bonchev–Trinajstić information content (AvgIpc) is 2.83. The first-order chi connectivity index (χ1) is 11.9. The van der Waals surface area contributed by atoms with Crippen LogP contribution in [0.15, 0.2) is 23.1 Å². The summed E-state index contributed by atoms with van der Waals surface area (Å²) >= 11 is 12.1. The Morgan fingerprint density at radius 1 is 1.20 bits per heavy atom. The minimum Gasteiger partial charge on any atom is -0.271 e. The van der Waals surface area contributed by atoms with Crippen LogP contribution < -0.4 is 0 Å². The highest BCUT2D eigenvalue weighted by molar-refractivity contribution is 7.82. The molecule has 0 N–H and O–H groups in total. The zero-order valence-electron chi connectivity index (χ0n) is 14.8. The highest BCUT2D eigenvalue weighted by Crippen LogP contribution is 2.29. The Labute approximate surface area is 161 Å². The molecule has 1 unspecified atom stereocenters. The lowest BCUT2D eigenvalue weighted by Gasteiger charge is -2.31. The summed E-state index contributed by atoms with van der Waals surface area (Å²) in [7, 11) is 0.766. The number of piperidine rings is 1. The van der Waals surface area contributed by atoms with Crippen LogP contribution in [0.1, 0.15) is 29.8 Å². The summed E-state index contributed by atoms with van der Waals surface area (Å²) in [5, 5.41) is 5.59. The Kier molecular flexibility index (Phi) is 5.88. The van der Waals surface area contributed by atoms with Crippen LogP contribution in [0, 0.1) is 19.8 Å². The first kappa shape index (κ1) is 18.9. The predicted molar refractivity (Wildman–Crippen MR) is 104 cm³/mol. The molecule has 136 valence electrons. The summed E-state index contributed by atoms with van der Waals surface area (Å²) in [6.07, 6.45) is 3.05. The lowest BCUT2D eigenvalue weighted by Crippen LogP contribution is -2.36. The van der Waals surface area contributed by atoms with Crippen LogP contribution >= 0.6 is 23.2 Å². The zero-order valence-corrected chi connectivity index (χ0v) is 17.1. The Balaban J connectivity index is 1.61. The molecule has 2 aromatic rings. The largest absolute Gasteiger partial charge is 0.271 e. The minimum atomic E-state index is -1.13. The molecule has 2 heterocycles. The fourth-order valence-electron chi connectivity index (χ4n) is 3.42. The Hall–Kier alpha value is -0.880. The van der Waals surface area contributed by atoms with Gasteiger partial charge in [0.1, 0.15) is 11.0 Å². The second kappa shape index (κ2) is 7.78. The van der Waals surface area contributed by atoms with Crippen molar-refractivity contribution in [1.29, 1.82) is 0 Å². The van der Waals surface area contributed by atoms with E-state index >= 15 is 0 Å². The predicted octanol–water partition coefficient (Wildman–Crippen LogP) is 4.32. The van der Waals surface area contributed by atoms with Gasteiger partial charge in [0, 0.05) is 20.1 Å². The van der Waals surface area contributed by atoms with Crippen LogP contribution in [0.5, 0.6) is 0 Å². The van der Waals surface area contributed by atoms with Crippen molar-refractivity contribution >= 4 is 34.2 Å². The van der Waals surface area contributed by atoms with E-state index in [1.165, 1.54) is 5.56 Å². The molecule has 7 heteroatoms. The standard InChI is InChI=1S/C18H23Cl2N3OS/c1-12-18(13(2)22(3)21-12)25(24)23-8-6-14(7-9-23)10-15-4-5-16(19)17(20)11-15/h4-5,11,14H,6-10H2,1-3H3. The maximum atomic E-state index is 13.0. The number of halogens is 2. The number of rotatable bonds is 4. The third-order valence-electron chi connectivity index (χ3n) is 4.93. The molecule has 1 aliphatic rings. The second-order valence-corrected chi connectivity index (χ2v) is 8.94. The van der Waals surface area contributed by atoms with E-state index in [0.29, 0.717) is 16.0 Å². The highest BCUT2D eigenvalue weighted by atomic mass is 35.5. The Morgan fingerprint density at radius 3 is 2.44 bits per heavy atom. The van der Waals surface area contributed by atoms with E-state index in [9.17, 15) is 4.21 Å². The summed E-state index contributed by atoms with van der Waals surface area (Å²) in [6, 6.07) is 5.86. The fourth-order valence-corrected chi connectivity index (χ4v) is 5.21. The van der Waals surface area contributed by atoms with E-state index in [1.54, 1.807) is 4.68 Å². The van der Waals surface area contributed by atoms with Gasteiger partial charge in [-0.05, 0) is 56.7 Å². The summed E-state index contributed by atoms with van der Waals surface area (Å²) in [5.74, 6) is 0.585. The van der Waals surface area contributed by atoms with Crippen molar-refractivity contribution in [3.8, 4) is 0 Å². The smallest absolute Gasteiger partial charge is 0.131 e. The highest BCUT2D eigenvalue weighted by Gasteiger charge is 2.27. The van der Waals surface area contributed by atoms with Gasteiger partial charge in [0.2, 0.25) is 0 Å². The Morgan fingerprint density at radius 2 is 1.88 bits per heavy atom. The van der Waals surface area contributed by atoms with Gasteiger partial charge in [-0.1, -0.05) is 29.3 Å². The van der Waals surface area contributed by atoms with Crippen LogP contribution in [-0.4, -0.2) is 31.4 Å². The van der Waals surface area contributed by atoms with E-state index in [0.717, 1.165) is 48.6 Å². The molecule has 0 radical (unpaired) electrons. The lowest BCUT2D eigenvalue weighted by atomic mass is 9.91. The van der Waals surface area contributed by atoms with Gasteiger partial charge in [-0.2, -0.15) is 5.10 Å². The molecule has 1 saturated heterocycles. The molecule has 1 aromatic heterocycles. The first-order valence-electron chi connectivity index (χ1n) is 8.47. The molecular weight excluding hydrogens is 377 g/mol. The molecule has 0 saturated carbocycles. The quantitative estimate of drug-likeness (QED) is 0.767. The molecule has 0 spiro atoms. The number of hydrogen-bond acceptors (Lipinski definition) is 2. The molecule has 0 bridgehead atoms. The van der Waals surface area contributed by atoms with E-state index in [4.69, 9.17) is 23.2 Å². The molecular formula is C18H23Cl2N3OS. The van der Waals surface area contributed by atoms with Crippen LogP contribution in [0.3, 0.4) is 0 Å². The molecule has 1 fully saturated rings. The molecule has 3 rings (SSSR count). The summed E-state index contributed by atoms with van der Waals surface area (Å²) in [5.41, 5.74) is 3.05. The first-order valence-corrected chi connectivity index (χ1v) is 10.3. The van der Waals surface area contributed by atoms with Crippen molar-refractivity contribution in [3.63, 3.8) is 0 Å². The second-order valence-electron chi connectivity index (χ2n) is 6.70. The van der Waals surface area contributed by atoms with Crippen LogP contribution in [0.25, 0.3) is 0 Å². The average molecular weight is 400 g/mol. The fraction of sp³-hybridized carbons (Fsp3) is 0.500. The van der Waals surface area contributed by atoms with Crippen molar-refractivity contribution < 1.29 is 4.21 Å². The maximum Gasteiger partial charge on any atom is 0.131 e. The van der Waals surface area contributed by atoms with Gasteiger partial charge in [-0.3, -0.25) is 4.68 Å². The molecule has 0 aliphatic carbocycles. The van der Waals surface area contributed by atoms with Gasteiger partial charge in [0.15, 0.2) is 0 Å². The molecule has 25 heavy (non-hydrogen) atoms. The Bertz CT molecular complexity index is 798. The van der Waals surface area contributed by atoms with Gasteiger partial charge in [0.05, 0.1) is 26.3 Å². The third kappa shape index (κ3) is 4.11. The minimum absolute atomic E-state index is 0.585. The van der Waals surface area contributed by atoms with Crippen molar-refractivity contribution in [2.24, 2.45) is 13.0 Å². The van der Waals surface area contributed by atoms with Crippen LogP contribution in [0.4, 0.5) is 0 Å². The van der Waals surface area contributed by atoms with Crippen LogP contribution in [-0.2, 0) is 24.5 Å². The summed E-state index contributed by atoms with van der Waals surface area (Å²) in [4.78, 5) is 0.866. The SMILES string of the molecule is Cc1nn(C)c(C)c1S(=O)N1CCC(Cc2ccc(Cl)c(Cl)c2)CC1. The number of hydrogen-bond donors (Lipinski definition) is 0. The number of aryl methyl sites for hydroxylation is 2. The van der Waals surface area contributed by atoms with E-state index in [1.807, 2.05) is 39.1 Å². The topological polar surface area (TPSA) is 38.1 Å². The van der Waals surface area contributed by atoms with Gasteiger partial charge >= 0.3 is 0 Å². The molecule has 1 aromatic carbocycles. The van der Waals surface area contributed by atoms with Crippen LogP contribution in [0.2, 0.25) is 10.0 Å². The summed E-state index contributed by atoms with van der Waals surface area (Å²) < 4.78 is 16.8. The normalized spacial score (nSPS) is 17.8. The van der Waals surface area contributed by atoms with Crippen molar-refractivity contribution in [2.45, 2.75) is 38.0 Å². The van der Waals surface area contributed by atoms with Crippen molar-refractivity contribution in [3.05, 3.63) is 45.2 Å². The number of benzene rings is 1. The van der Waals surface area contributed by atoms with Gasteiger partial charge in [-0.15, -0.1) is 0 Å². The summed E-state index contributed by atoms with van der Waals surface area (Å²) in [6.45, 7) is 5.58. The van der Waals surface area contributed by atoms with Crippen molar-refractivity contribution in [2.75, 3.05) is 13.1 Å². The van der Waals surface area contributed by atoms with Gasteiger partial charge < -0.3 is 0 Å². The molecule has 1 aliphatic heterocycles. The van der Waals surface area contributed by atoms with E-state index in [-0.39, 0.29) is 0 Å². The molecule has 0 amide bonds. The third-order valence-corrected chi connectivity index (χ3v) is 7.45. The van der Waals surface area contributed by atoms with E-state index < -0.39 is 11.0 Å². The monoisotopic (exact) mass is 399 g/mol. The van der Waals surface area contributed by atoms with Gasteiger partial charge in [-0.25, -0.2) is 8.51 Å². The lowest BCUT2D eigenvalue weighted by molar-refractivity contribution is 0.282. The maximum absolute atomic E-state index is 13.0. The zero-order chi connectivity index (χ0) is 18.1. The number of nitrogens with zero attached hydrogens (tertiary/aromatic N) is 3.